The number of benzene rings is 2. The average molecular weight is 397 g/mol. The maximum Gasteiger partial charge on any atom is 0.265 e. The summed E-state index contributed by atoms with van der Waals surface area (Å²) in [5.41, 5.74) is 3.05. The molecule has 0 spiro atoms. The third-order valence-electron chi connectivity index (χ3n) is 4.57. The lowest BCUT2D eigenvalue weighted by Gasteiger charge is -2.19. The minimum absolute atomic E-state index is 0.114. The number of ether oxygens (including phenoxy) is 1. The van der Waals surface area contributed by atoms with Gasteiger partial charge in [-0.05, 0) is 44.0 Å². The zero-order valence-corrected chi connectivity index (χ0v) is 17.1. The SMILES string of the molecule is CC1=C(C(=O)Nc2cc(C(=O)N[C@H](C)c3ccccc3)ccc2C)SCCO1. The molecule has 2 aromatic carbocycles. The zero-order valence-electron chi connectivity index (χ0n) is 16.2. The van der Waals surface area contributed by atoms with Crippen LogP contribution in [0.2, 0.25) is 0 Å². The second-order valence-electron chi connectivity index (χ2n) is 6.67. The summed E-state index contributed by atoms with van der Waals surface area (Å²) in [5, 5.41) is 5.91. The quantitative estimate of drug-likeness (QED) is 0.785. The number of hydrogen-bond donors (Lipinski definition) is 2. The van der Waals surface area contributed by atoms with Gasteiger partial charge in [0.15, 0.2) is 0 Å². The van der Waals surface area contributed by atoms with E-state index in [1.165, 1.54) is 11.8 Å². The Labute approximate surface area is 169 Å². The number of allylic oxidation sites excluding steroid dienone is 1. The number of carbonyl (C=O) groups is 2. The molecule has 0 aromatic heterocycles. The Balaban J connectivity index is 1.74. The van der Waals surface area contributed by atoms with E-state index in [0.29, 0.717) is 28.5 Å². The van der Waals surface area contributed by atoms with Crippen LogP contribution in [0.15, 0.2) is 59.2 Å². The first-order chi connectivity index (χ1) is 13.5. The van der Waals surface area contributed by atoms with Gasteiger partial charge in [-0.2, -0.15) is 0 Å². The lowest BCUT2D eigenvalue weighted by atomic mass is 10.1. The number of thioether (sulfide) groups is 1. The minimum atomic E-state index is -0.208. The van der Waals surface area contributed by atoms with Gasteiger partial charge in [-0.25, -0.2) is 0 Å². The molecule has 28 heavy (non-hydrogen) atoms. The summed E-state index contributed by atoms with van der Waals surface area (Å²) in [4.78, 5) is 25.9. The number of aryl methyl sites for hydroxylation is 1. The van der Waals surface area contributed by atoms with Gasteiger partial charge < -0.3 is 15.4 Å². The average Bonchev–Trinajstić information content (AvgIpc) is 2.70. The molecule has 2 amide bonds. The van der Waals surface area contributed by atoms with Gasteiger partial charge in [-0.3, -0.25) is 9.59 Å². The van der Waals surface area contributed by atoms with Gasteiger partial charge in [0, 0.05) is 17.0 Å². The molecule has 2 aromatic rings. The Bertz CT molecular complexity index is 909. The first kappa shape index (κ1) is 20.0. The highest BCUT2D eigenvalue weighted by Gasteiger charge is 2.20. The van der Waals surface area contributed by atoms with Gasteiger partial charge in [0.1, 0.15) is 10.7 Å². The summed E-state index contributed by atoms with van der Waals surface area (Å²) >= 11 is 1.48. The standard InChI is InChI=1S/C22H24N2O3S/c1-14-9-10-18(21(25)23-15(2)17-7-5-4-6-8-17)13-19(14)24-22(26)20-16(3)27-11-12-28-20/h4-10,13,15H,11-12H2,1-3H3,(H,23,25)(H,24,26)/t15-/m1/s1. The summed E-state index contributed by atoms with van der Waals surface area (Å²) in [6.45, 7) is 6.25. The second-order valence-corrected chi connectivity index (χ2v) is 7.78. The Morgan fingerprint density at radius 2 is 1.82 bits per heavy atom. The van der Waals surface area contributed by atoms with Crippen LogP contribution in [-0.4, -0.2) is 24.2 Å². The van der Waals surface area contributed by atoms with Gasteiger partial charge in [-0.15, -0.1) is 11.8 Å². The Kier molecular flexibility index (Phi) is 6.41. The van der Waals surface area contributed by atoms with Crippen LogP contribution in [0.4, 0.5) is 5.69 Å². The molecule has 0 unspecified atom stereocenters. The summed E-state index contributed by atoms with van der Waals surface area (Å²) in [6, 6.07) is 15.0. The van der Waals surface area contributed by atoms with Crippen molar-refractivity contribution < 1.29 is 14.3 Å². The normalized spacial score (nSPS) is 14.8. The molecule has 5 nitrogen and oxygen atoms in total. The lowest BCUT2D eigenvalue weighted by molar-refractivity contribution is -0.112. The molecule has 1 heterocycles. The second kappa shape index (κ2) is 8.97. The van der Waals surface area contributed by atoms with Crippen LogP contribution >= 0.6 is 11.8 Å². The molecular formula is C22H24N2O3S. The molecule has 3 rings (SSSR count). The first-order valence-corrected chi connectivity index (χ1v) is 10.2. The smallest absolute Gasteiger partial charge is 0.265 e. The highest BCUT2D eigenvalue weighted by atomic mass is 32.2. The van der Waals surface area contributed by atoms with Crippen molar-refractivity contribution >= 4 is 29.3 Å². The van der Waals surface area contributed by atoms with Gasteiger partial charge in [0.2, 0.25) is 0 Å². The molecule has 146 valence electrons. The van der Waals surface area contributed by atoms with E-state index in [0.717, 1.165) is 16.9 Å². The molecule has 0 aliphatic carbocycles. The monoisotopic (exact) mass is 396 g/mol. The Morgan fingerprint density at radius 3 is 2.54 bits per heavy atom. The van der Waals surface area contributed by atoms with E-state index in [9.17, 15) is 9.59 Å². The lowest BCUT2D eigenvalue weighted by Crippen LogP contribution is -2.27. The molecule has 1 atom stereocenters. The van der Waals surface area contributed by atoms with Gasteiger partial charge >= 0.3 is 0 Å². The van der Waals surface area contributed by atoms with E-state index in [-0.39, 0.29) is 17.9 Å². The molecule has 2 N–H and O–H groups in total. The van der Waals surface area contributed by atoms with Crippen molar-refractivity contribution in [2.45, 2.75) is 26.8 Å². The van der Waals surface area contributed by atoms with Gasteiger partial charge in [0.05, 0.1) is 12.6 Å². The van der Waals surface area contributed by atoms with Gasteiger partial charge in [0.25, 0.3) is 11.8 Å². The number of rotatable bonds is 5. The maximum absolute atomic E-state index is 12.7. The summed E-state index contributed by atoms with van der Waals surface area (Å²) < 4.78 is 5.46. The molecule has 0 bridgehead atoms. The summed E-state index contributed by atoms with van der Waals surface area (Å²) in [6.07, 6.45) is 0. The first-order valence-electron chi connectivity index (χ1n) is 9.20. The third-order valence-corrected chi connectivity index (χ3v) is 5.70. The fourth-order valence-electron chi connectivity index (χ4n) is 2.91. The van der Waals surface area contributed by atoms with Crippen molar-refractivity contribution in [1.82, 2.24) is 5.32 Å². The Morgan fingerprint density at radius 1 is 1.07 bits per heavy atom. The zero-order chi connectivity index (χ0) is 20.1. The molecule has 0 radical (unpaired) electrons. The molecule has 1 aliphatic rings. The Hall–Kier alpha value is -2.73. The van der Waals surface area contributed by atoms with Crippen molar-refractivity contribution in [3.05, 3.63) is 75.9 Å². The number of anilines is 1. The van der Waals surface area contributed by atoms with Crippen LogP contribution in [-0.2, 0) is 9.53 Å². The number of nitrogens with one attached hydrogen (secondary N) is 2. The third kappa shape index (κ3) is 4.75. The topological polar surface area (TPSA) is 67.4 Å². The molecule has 1 aliphatic heterocycles. The van der Waals surface area contributed by atoms with E-state index in [2.05, 4.69) is 10.6 Å². The van der Waals surface area contributed by atoms with E-state index in [4.69, 9.17) is 4.74 Å². The van der Waals surface area contributed by atoms with Crippen LogP contribution in [0.1, 0.15) is 41.4 Å². The van der Waals surface area contributed by atoms with Crippen molar-refractivity contribution in [1.29, 1.82) is 0 Å². The minimum Gasteiger partial charge on any atom is -0.496 e. The molecular weight excluding hydrogens is 372 g/mol. The highest BCUT2D eigenvalue weighted by molar-refractivity contribution is 8.04. The van der Waals surface area contributed by atoms with Gasteiger partial charge in [-0.1, -0.05) is 36.4 Å². The fourth-order valence-corrected chi connectivity index (χ4v) is 3.73. The van der Waals surface area contributed by atoms with Crippen LogP contribution in [0, 0.1) is 6.92 Å². The summed E-state index contributed by atoms with van der Waals surface area (Å²) in [7, 11) is 0. The van der Waals surface area contributed by atoms with Crippen molar-refractivity contribution in [2.24, 2.45) is 0 Å². The largest absolute Gasteiger partial charge is 0.496 e. The van der Waals surface area contributed by atoms with E-state index < -0.39 is 0 Å². The van der Waals surface area contributed by atoms with Crippen molar-refractivity contribution in [2.75, 3.05) is 17.7 Å². The van der Waals surface area contributed by atoms with Crippen molar-refractivity contribution in [3.8, 4) is 0 Å². The molecule has 6 heteroatoms. The highest BCUT2D eigenvalue weighted by Crippen LogP contribution is 2.27. The maximum atomic E-state index is 12.7. The number of carbonyl (C=O) groups excluding carboxylic acids is 2. The van der Waals surface area contributed by atoms with Crippen LogP contribution < -0.4 is 10.6 Å². The van der Waals surface area contributed by atoms with Crippen LogP contribution in [0.5, 0.6) is 0 Å². The molecule has 0 saturated heterocycles. The van der Waals surface area contributed by atoms with Crippen molar-refractivity contribution in [3.63, 3.8) is 0 Å². The summed E-state index contributed by atoms with van der Waals surface area (Å²) in [5.74, 6) is 0.994. The molecule has 0 fully saturated rings. The fraction of sp³-hybridized carbons (Fsp3) is 0.273. The van der Waals surface area contributed by atoms with E-state index >= 15 is 0 Å². The predicted octanol–water partition coefficient (Wildman–Crippen LogP) is 4.42. The number of hydrogen-bond acceptors (Lipinski definition) is 4. The van der Waals surface area contributed by atoms with E-state index in [1.54, 1.807) is 19.1 Å². The van der Waals surface area contributed by atoms with Crippen LogP contribution in [0.25, 0.3) is 0 Å². The predicted molar refractivity (Wildman–Crippen MR) is 113 cm³/mol. The van der Waals surface area contributed by atoms with Crippen LogP contribution in [0.3, 0.4) is 0 Å². The number of amides is 2. The van der Waals surface area contributed by atoms with E-state index in [1.807, 2.05) is 50.2 Å². The molecule has 0 saturated carbocycles.